The molecular formula is C14H31NO. The lowest BCUT2D eigenvalue weighted by Crippen LogP contribution is -2.34. The molecule has 2 heteroatoms. The number of hydrogen-bond donors (Lipinski definition) is 1. The lowest BCUT2D eigenvalue weighted by Gasteiger charge is -2.39. The zero-order valence-electron chi connectivity index (χ0n) is 12.3. The highest BCUT2D eigenvalue weighted by Crippen LogP contribution is 2.40. The molecule has 2 N–H and O–H groups in total. The van der Waals surface area contributed by atoms with E-state index in [1.165, 1.54) is 0 Å². The first-order valence-electron chi connectivity index (χ1n) is 6.36. The summed E-state index contributed by atoms with van der Waals surface area (Å²) < 4.78 is 5.92. The maximum absolute atomic E-state index is 5.92. The van der Waals surface area contributed by atoms with Crippen molar-refractivity contribution in [3.63, 3.8) is 0 Å². The third-order valence-electron chi connectivity index (χ3n) is 4.00. The third kappa shape index (κ3) is 5.31. The number of ether oxygens (including phenoxy) is 1. The van der Waals surface area contributed by atoms with E-state index in [0.717, 1.165) is 19.4 Å². The molecule has 0 aliphatic rings. The quantitative estimate of drug-likeness (QED) is 0.755. The van der Waals surface area contributed by atoms with Gasteiger partial charge in [0.25, 0.3) is 0 Å². The zero-order valence-corrected chi connectivity index (χ0v) is 12.3. The van der Waals surface area contributed by atoms with E-state index in [4.69, 9.17) is 10.5 Å². The van der Waals surface area contributed by atoms with Gasteiger partial charge in [0.1, 0.15) is 0 Å². The lowest BCUT2D eigenvalue weighted by molar-refractivity contribution is -0.0438. The van der Waals surface area contributed by atoms with E-state index >= 15 is 0 Å². The summed E-state index contributed by atoms with van der Waals surface area (Å²) in [5.74, 6) is 0. The molecule has 0 amide bonds. The van der Waals surface area contributed by atoms with Crippen LogP contribution in [0.15, 0.2) is 0 Å². The van der Waals surface area contributed by atoms with Crippen molar-refractivity contribution in [1.29, 1.82) is 0 Å². The van der Waals surface area contributed by atoms with Gasteiger partial charge in [-0.15, -0.1) is 0 Å². The van der Waals surface area contributed by atoms with Crippen molar-refractivity contribution < 1.29 is 4.74 Å². The van der Waals surface area contributed by atoms with Gasteiger partial charge >= 0.3 is 0 Å². The molecule has 0 unspecified atom stereocenters. The van der Waals surface area contributed by atoms with Crippen molar-refractivity contribution in [3.8, 4) is 0 Å². The third-order valence-corrected chi connectivity index (χ3v) is 4.00. The van der Waals surface area contributed by atoms with Gasteiger partial charge in [0, 0.05) is 6.61 Å². The Balaban J connectivity index is 4.08. The van der Waals surface area contributed by atoms with Crippen LogP contribution in [0.1, 0.15) is 61.3 Å². The smallest absolute Gasteiger partial charge is 0.0638 e. The molecular weight excluding hydrogens is 198 g/mol. The van der Waals surface area contributed by atoms with Gasteiger partial charge in [-0.25, -0.2) is 0 Å². The molecule has 0 bridgehead atoms. The average Bonchev–Trinajstić information content (AvgIpc) is 2.00. The Morgan fingerprint density at radius 2 is 1.38 bits per heavy atom. The molecule has 0 spiro atoms. The molecule has 0 atom stereocenters. The van der Waals surface area contributed by atoms with E-state index in [9.17, 15) is 0 Å². The molecule has 0 aromatic rings. The molecule has 0 saturated carbocycles. The van der Waals surface area contributed by atoms with Crippen LogP contribution >= 0.6 is 0 Å². The van der Waals surface area contributed by atoms with E-state index in [0.29, 0.717) is 17.4 Å². The highest BCUT2D eigenvalue weighted by molar-refractivity contribution is 4.82. The number of nitrogens with two attached hydrogens (primary N) is 1. The summed E-state index contributed by atoms with van der Waals surface area (Å²) in [6.45, 7) is 17.2. The Bertz CT molecular complexity index is 201. The molecule has 0 rings (SSSR count). The summed E-state index contributed by atoms with van der Waals surface area (Å²) in [5.41, 5.74) is 6.09. The Morgan fingerprint density at radius 3 is 1.75 bits per heavy atom. The van der Waals surface area contributed by atoms with E-state index in [2.05, 4.69) is 48.5 Å². The van der Waals surface area contributed by atoms with Crippen molar-refractivity contribution in [1.82, 2.24) is 0 Å². The minimum atomic E-state index is -0.0806. The van der Waals surface area contributed by atoms with Gasteiger partial charge in [-0.05, 0) is 44.1 Å². The first-order chi connectivity index (χ1) is 7.02. The molecule has 0 radical (unpaired) electrons. The minimum absolute atomic E-state index is 0.0806. The van der Waals surface area contributed by atoms with Crippen molar-refractivity contribution in [2.45, 2.75) is 66.9 Å². The topological polar surface area (TPSA) is 35.2 Å². The predicted molar refractivity (Wildman–Crippen MR) is 71.6 cm³/mol. The summed E-state index contributed by atoms with van der Waals surface area (Å²) in [5, 5.41) is 0. The van der Waals surface area contributed by atoms with Gasteiger partial charge in [0.15, 0.2) is 0 Å². The predicted octanol–water partition coefficient (Wildman–Crippen LogP) is 3.59. The maximum Gasteiger partial charge on any atom is 0.0638 e. The normalized spacial score (nSPS) is 14.2. The van der Waals surface area contributed by atoms with Crippen LogP contribution in [0.3, 0.4) is 0 Å². The second kappa shape index (κ2) is 5.50. The molecule has 0 heterocycles. The van der Waals surface area contributed by atoms with Crippen molar-refractivity contribution >= 4 is 0 Å². The molecule has 0 aromatic carbocycles. The lowest BCUT2D eigenvalue weighted by atomic mass is 9.67. The SMILES string of the molecule is CC(C)(CCN)OCCC(C)(C)C(C)(C)C. The summed E-state index contributed by atoms with van der Waals surface area (Å²) in [4.78, 5) is 0. The van der Waals surface area contributed by atoms with Crippen molar-refractivity contribution in [3.05, 3.63) is 0 Å². The van der Waals surface area contributed by atoms with Gasteiger partial charge in [-0.2, -0.15) is 0 Å². The summed E-state index contributed by atoms with van der Waals surface area (Å²) in [6.07, 6.45) is 2.01. The molecule has 0 aliphatic heterocycles. The first-order valence-corrected chi connectivity index (χ1v) is 6.36. The van der Waals surface area contributed by atoms with Crippen LogP contribution in [0.4, 0.5) is 0 Å². The number of rotatable bonds is 6. The molecule has 2 nitrogen and oxygen atoms in total. The van der Waals surface area contributed by atoms with Gasteiger partial charge in [0.05, 0.1) is 5.60 Å². The monoisotopic (exact) mass is 229 g/mol. The fraction of sp³-hybridized carbons (Fsp3) is 1.00. The van der Waals surface area contributed by atoms with Crippen LogP contribution in [-0.4, -0.2) is 18.8 Å². The van der Waals surface area contributed by atoms with Crippen molar-refractivity contribution in [2.24, 2.45) is 16.6 Å². The molecule has 0 aromatic heterocycles. The van der Waals surface area contributed by atoms with Crippen LogP contribution < -0.4 is 5.73 Å². The highest BCUT2D eigenvalue weighted by Gasteiger charge is 2.32. The van der Waals surface area contributed by atoms with Gasteiger partial charge in [-0.3, -0.25) is 0 Å². The van der Waals surface area contributed by atoms with E-state index < -0.39 is 0 Å². The van der Waals surface area contributed by atoms with Crippen LogP contribution in [0, 0.1) is 10.8 Å². The minimum Gasteiger partial charge on any atom is -0.376 e. The Morgan fingerprint density at radius 1 is 0.875 bits per heavy atom. The standard InChI is InChI=1S/C14H31NO/c1-12(2,3)13(4,5)9-11-16-14(6,7)8-10-15/h8-11,15H2,1-7H3. The van der Waals surface area contributed by atoms with Gasteiger partial charge in [-0.1, -0.05) is 34.6 Å². The maximum atomic E-state index is 5.92. The average molecular weight is 229 g/mol. The fourth-order valence-electron chi connectivity index (χ4n) is 1.38. The largest absolute Gasteiger partial charge is 0.376 e. The van der Waals surface area contributed by atoms with E-state index in [-0.39, 0.29) is 5.60 Å². The summed E-state index contributed by atoms with van der Waals surface area (Å²) >= 11 is 0. The van der Waals surface area contributed by atoms with E-state index in [1.807, 2.05) is 0 Å². The Kier molecular flexibility index (Phi) is 5.48. The summed E-state index contributed by atoms with van der Waals surface area (Å²) in [6, 6.07) is 0. The van der Waals surface area contributed by atoms with Crippen LogP contribution in [-0.2, 0) is 4.74 Å². The molecule has 0 aliphatic carbocycles. The summed E-state index contributed by atoms with van der Waals surface area (Å²) in [7, 11) is 0. The van der Waals surface area contributed by atoms with Crippen molar-refractivity contribution in [2.75, 3.05) is 13.2 Å². The second-order valence-electron chi connectivity index (χ2n) is 7.03. The molecule has 98 valence electrons. The molecule has 0 fully saturated rings. The van der Waals surface area contributed by atoms with Crippen LogP contribution in [0.25, 0.3) is 0 Å². The second-order valence-corrected chi connectivity index (χ2v) is 7.03. The van der Waals surface area contributed by atoms with Crippen LogP contribution in [0.2, 0.25) is 0 Å². The van der Waals surface area contributed by atoms with E-state index in [1.54, 1.807) is 0 Å². The Hall–Kier alpha value is -0.0800. The highest BCUT2D eigenvalue weighted by atomic mass is 16.5. The molecule has 0 saturated heterocycles. The van der Waals surface area contributed by atoms with Gasteiger partial charge < -0.3 is 10.5 Å². The fourth-order valence-corrected chi connectivity index (χ4v) is 1.38. The van der Waals surface area contributed by atoms with Crippen LogP contribution in [0.5, 0.6) is 0 Å². The first kappa shape index (κ1) is 15.9. The molecule has 16 heavy (non-hydrogen) atoms. The van der Waals surface area contributed by atoms with Gasteiger partial charge in [0.2, 0.25) is 0 Å². The Labute approximate surface area is 102 Å². The number of hydrogen-bond acceptors (Lipinski definition) is 2. The zero-order chi connectivity index (χ0) is 13.0.